The lowest BCUT2D eigenvalue weighted by Gasteiger charge is -2.32. The zero-order valence-corrected chi connectivity index (χ0v) is 11.3. The Hall–Kier alpha value is -0.730. The van der Waals surface area contributed by atoms with Gasteiger partial charge in [-0.2, -0.15) is 0 Å². The maximum atomic E-state index is 10.6. The average molecular weight is 267 g/mol. The maximum absolute atomic E-state index is 10.6. The summed E-state index contributed by atoms with van der Waals surface area (Å²) in [5, 5.41) is 11.4. The number of benzene rings is 1. The van der Waals surface area contributed by atoms with Gasteiger partial charge in [0.15, 0.2) is 0 Å². The van der Waals surface area contributed by atoms with E-state index in [1.54, 1.807) is 0 Å². The fourth-order valence-electron chi connectivity index (χ4n) is 3.22. The minimum absolute atomic E-state index is 0.553. The van der Waals surface area contributed by atoms with Crippen LogP contribution >= 0.6 is 11.6 Å². The Morgan fingerprint density at radius 1 is 1.22 bits per heavy atom. The predicted octanol–water partition coefficient (Wildman–Crippen LogP) is 3.51. The van der Waals surface area contributed by atoms with E-state index in [9.17, 15) is 5.11 Å². The quantitative estimate of drug-likeness (QED) is 0.888. The van der Waals surface area contributed by atoms with E-state index >= 15 is 0 Å². The van der Waals surface area contributed by atoms with Crippen molar-refractivity contribution in [1.82, 2.24) is 0 Å². The maximum Gasteiger partial charge on any atom is 0.126 e. The van der Waals surface area contributed by atoms with Crippen LogP contribution in [0.3, 0.4) is 0 Å². The van der Waals surface area contributed by atoms with Gasteiger partial charge in [0.2, 0.25) is 0 Å². The zero-order chi connectivity index (χ0) is 12.6. The van der Waals surface area contributed by atoms with Crippen LogP contribution in [-0.2, 0) is 12.8 Å². The summed E-state index contributed by atoms with van der Waals surface area (Å²) in [6.07, 6.45) is 6.90. The van der Waals surface area contributed by atoms with Gasteiger partial charge in [-0.1, -0.05) is 30.9 Å². The summed E-state index contributed by atoms with van der Waals surface area (Å²) in [6.45, 7) is 0.737. The third kappa shape index (κ3) is 2.36. The Morgan fingerprint density at radius 3 is 2.78 bits per heavy atom. The molecule has 1 N–H and O–H groups in total. The van der Waals surface area contributed by atoms with Gasteiger partial charge in [-0.25, -0.2) is 0 Å². The second kappa shape index (κ2) is 4.75. The number of aliphatic hydroxyl groups is 1. The van der Waals surface area contributed by atoms with Gasteiger partial charge in [-0.3, -0.25) is 0 Å². The third-order valence-electron chi connectivity index (χ3n) is 4.13. The third-order valence-corrected chi connectivity index (χ3v) is 4.35. The molecule has 0 spiro atoms. The molecule has 1 aliphatic heterocycles. The lowest BCUT2D eigenvalue weighted by atomic mass is 9.80. The van der Waals surface area contributed by atoms with Crippen LogP contribution in [0.15, 0.2) is 12.1 Å². The summed E-state index contributed by atoms with van der Waals surface area (Å²) in [6, 6.07) is 3.94. The molecule has 0 radical (unpaired) electrons. The summed E-state index contributed by atoms with van der Waals surface area (Å²) in [7, 11) is 0. The molecule has 0 saturated heterocycles. The molecule has 2 aliphatic rings. The minimum Gasteiger partial charge on any atom is -0.493 e. The Kier molecular flexibility index (Phi) is 3.25. The Morgan fingerprint density at radius 2 is 2.00 bits per heavy atom. The summed E-state index contributed by atoms with van der Waals surface area (Å²) >= 11 is 6.15. The predicted molar refractivity (Wildman–Crippen MR) is 72.4 cm³/mol. The zero-order valence-electron chi connectivity index (χ0n) is 10.5. The molecule has 98 valence electrons. The molecule has 18 heavy (non-hydrogen) atoms. The largest absolute Gasteiger partial charge is 0.493 e. The number of halogens is 1. The fourth-order valence-corrected chi connectivity index (χ4v) is 3.48. The summed E-state index contributed by atoms with van der Waals surface area (Å²) < 4.78 is 5.70. The molecule has 1 heterocycles. The van der Waals surface area contributed by atoms with Gasteiger partial charge in [0.05, 0.1) is 12.2 Å². The molecular formula is C15H19ClO2. The van der Waals surface area contributed by atoms with Crippen molar-refractivity contribution in [1.29, 1.82) is 0 Å². The normalized spacial score (nSPS) is 21.4. The highest BCUT2D eigenvalue weighted by molar-refractivity contribution is 6.30. The van der Waals surface area contributed by atoms with E-state index in [1.807, 2.05) is 12.1 Å². The van der Waals surface area contributed by atoms with Crippen LogP contribution in [-0.4, -0.2) is 17.3 Å². The highest BCUT2D eigenvalue weighted by atomic mass is 35.5. The van der Waals surface area contributed by atoms with E-state index in [1.165, 1.54) is 12.0 Å². The van der Waals surface area contributed by atoms with E-state index in [4.69, 9.17) is 16.3 Å². The minimum atomic E-state index is -0.553. The van der Waals surface area contributed by atoms with Gasteiger partial charge >= 0.3 is 0 Å². The summed E-state index contributed by atoms with van der Waals surface area (Å²) in [5.74, 6) is 0.971. The van der Waals surface area contributed by atoms with Crippen molar-refractivity contribution in [3.8, 4) is 5.75 Å². The Bertz CT molecular complexity index is 450. The molecule has 0 unspecified atom stereocenters. The van der Waals surface area contributed by atoms with Crippen LogP contribution < -0.4 is 4.74 Å². The van der Waals surface area contributed by atoms with Gasteiger partial charge in [-0.15, -0.1) is 0 Å². The van der Waals surface area contributed by atoms with Gasteiger partial charge < -0.3 is 9.84 Å². The van der Waals surface area contributed by atoms with Crippen LogP contribution in [0.4, 0.5) is 0 Å². The summed E-state index contributed by atoms with van der Waals surface area (Å²) in [4.78, 5) is 0. The first-order valence-corrected chi connectivity index (χ1v) is 7.21. The topological polar surface area (TPSA) is 29.5 Å². The molecule has 0 amide bonds. The van der Waals surface area contributed by atoms with E-state index in [0.717, 1.165) is 55.0 Å². The van der Waals surface area contributed by atoms with Crippen molar-refractivity contribution in [3.05, 3.63) is 28.3 Å². The fraction of sp³-hybridized carbons (Fsp3) is 0.600. The highest BCUT2D eigenvalue weighted by Crippen LogP contribution is 2.38. The number of hydrogen-bond donors (Lipinski definition) is 1. The van der Waals surface area contributed by atoms with Gasteiger partial charge in [0.1, 0.15) is 5.75 Å². The lowest BCUT2D eigenvalue weighted by Crippen LogP contribution is -2.33. The molecule has 3 rings (SSSR count). The van der Waals surface area contributed by atoms with Gasteiger partial charge in [0.25, 0.3) is 0 Å². The Labute approximate surface area is 113 Å². The molecule has 3 heteroatoms. The highest BCUT2D eigenvalue weighted by Gasteiger charge is 2.31. The average Bonchev–Trinajstić information content (AvgIpc) is 2.77. The standard InChI is InChI=1S/C15H19ClO2/c16-13-8-11-4-7-18-14(11)12(9-13)10-15(17)5-2-1-3-6-15/h8-9,17H,1-7,10H2. The summed E-state index contributed by atoms with van der Waals surface area (Å²) in [5.41, 5.74) is 1.72. The molecule has 1 aromatic carbocycles. The van der Waals surface area contributed by atoms with E-state index in [0.29, 0.717) is 6.42 Å². The van der Waals surface area contributed by atoms with Crippen LogP contribution in [0, 0.1) is 0 Å². The van der Waals surface area contributed by atoms with Gasteiger partial charge in [-0.05, 0) is 36.1 Å². The van der Waals surface area contributed by atoms with Crippen molar-refractivity contribution < 1.29 is 9.84 Å². The number of fused-ring (bicyclic) bond motifs is 1. The van der Waals surface area contributed by atoms with Crippen molar-refractivity contribution in [2.45, 2.75) is 50.5 Å². The molecule has 2 nitrogen and oxygen atoms in total. The molecule has 1 aliphatic carbocycles. The number of rotatable bonds is 2. The second-order valence-corrected chi connectivity index (χ2v) is 6.05. The van der Waals surface area contributed by atoms with Crippen molar-refractivity contribution in [2.24, 2.45) is 0 Å². The Balaban J connectivity index is 1.88. The van der Waals surface area contributed by atoms with Crippen molar-refractivity contribution >= 4 is 11.6 Å². The smallest absolute Gasteiger partial charge is 0.126 e. The van der Waals surface area contributed by atoms with Crippen LogP contribution in [0.25, 0.3) is 0 Å². The molecule has 1 fully saturated rings. The lowest BCUT2D eigenvalue weighted by molar-refractivity contribution is 0.00404. The van der Waals surface area contributed by atoms with Crippen molar-refractivity contribution in [2.75, 3.05) is 6.61 Å². The van der Waals surface area contributed by atoms with Crippen LogP contribution in [0.2, 0.25) is 5.02 Å². The van der Waals surface area contributed by atoms with E-state index in [2.05, 4.69) is 0 Å². The van der Waals surface area contributed by atoms with Crippen molar-refractivity contribution in [3.63, 3.8) is 0 Å². The second-order valence-electron chi connectivity index (χ2n) is 5.61. The molecule has 0 atom stereocenters. The van der Waals surface area contributed by atoms with Gasteiger partial charge in [0, 0.05) is 17.9 Å². The monoisotopic (exact) mass is 266 g/mol. The first-order valence-electron chi connectivity index (χ1n) is 6.83. The van der Waals surface area contributed by atoms with Crippen LogP contribution in [0.5, 0.6) is 5.75 Å². The molecule has 1 aromatic rings. The molecule has 0 aromatic heterocycles. The first-order chi connectivity index (χ1) is 8.66. The van der Waals surface area contributed by atoms with E-state index < -0.39 is 5.60 Å². The van der Waals surface area contributed by atoms with Crippen LogP contribution in [0.1, 0.15) is 43.2 Å². The number of hydrogen-bond acceptors (Lipinski definition) is 2. The molecule has 0 bridgehead atoms. The molecule has 1 saturated carbocycles. The first kappa shape index (κ1) is 12.3. The molecular weight excluding hydrogens is 248 g/mol. The number of ether oxygens (including phenoxy) is 1. The van der Waals surface area contributed by atoms with E-state index in [-0.39, 0.29) is 0 Å². The SMILES string of the molecule is OC1(Cc2cc(Cl)cc3c2OCC3)CCCCC1.